The van der Waals surface area contributed by atoms with Crippen molar-refractivity contribution in [3.8, 4) is 0 Å². The summed E-state index contributed by atoms with van der Waals surface area (Å²) >= 11 is 0. The highest BCUT2D eigenvalue weighted by Gasteiger charge is 2.04. The maximum atomic E-state index is 11.1. The van der Waals surface area contributed by atoms with Gasteiger partial charge in [0.15, 0.2) is 0 Å². The molecule has 3 N–H and O–H groups in total. The molecular formula is C7H11N3O2. The Kier molecular flexibility index (Phi) is 2.44. The summed E-state index contributed by atoms with van der Waals surface area (Å²) in [5.41, 5.74) is 4.85. The van der Waals surface area contributed by atoms with Gasteiger partial charge in [-0.15, -0.1) is 0 Å². The Hall–Kier alpha value is -1.36. The summed E-state index contributed by atoms with van der Waals surface area (Å²) < 4.78 is 1.33. The quantitative estimate of drug-likeness (QED) is 0.618. The van der Waals surface area contributed by atoms with Crippen molar-refractivity contribution in [2.75, 3.05) is 12.3 Å². The number of nitrogen functional groups attached to an aromatic ring is 1. The number of rotatable bonds is 2. The van der Waals surface area contributed by atoms with E-state index in [9.17, 15) is 4.79 Å². The molecule has 1 atom stereocenters. The van der Waals surface area contributed by atoms with Crippen molar-refractivity contribution in [3.63, 3.8) is 0 Å². The number of aliphatic hydroxyl groups is 1. The fourth-order valence-electron chi connectivity index (χ4n) is 0.849. The van der Waals surface area contributed by atoms with Crippen LogP contribution < -0.4 is 11.4 Å². The smallest absolute Gasteiger partial charge is 0.349 e. The molecule has 0 aromatic carbocycles. The Labute approximate surface area is 69.5 Å². The predicted octanol–water partition coefficient (Wildman–Crippen LogP) is -0.621. The largest absolute Gasteiger partial charge is 0.394 e. The van der Waals surface area contributed by atoms with Gasteiger partial charge in [-0.2, -0.15) is 4.98 Å². The van der Waals surface area contributed by atoms with E-state index in [1.807, 2.05) is 0 Å². The zero-order chi connectivity index (χ0) is 9.14. The van der Waals surface area contributed by atoms with E-state index in [0.29, 0.717) is 0 Å². The minimum absolute atomic E-state index is 0.0918. The van der Waals surface area contributed by atoms with Crippen LogP contribution in [0.2, 0.25) is 0 Å². The van der Waals surface area contributed by atoms with Crippen molar-refractivity contribution in [1.82, 2.24) is 9.55 Å². The second-order valence-corrected chi connectivity index (χ2v) is 2.57. The summed E-state index contributed by atoms with van der Waals surface area (Å²) in [4.78, 5) is 14.6. The molecule has 5 heteroatoms. The zero-order valence-corrected chi connectivity index (χ0v) is 6.77. The van der Waals surface area contributed by atoms with Crippen molar-refractivity contribution in [1.29, 1.82) is 0 Å². The van der Waals surface area contributed by atoms with Crippen molar-refractivity contribution in [2.45, 2.75) is 13.0 Å². The third-order valence-corrected chi connectivity index (χ3v) is 1.59. The molecule has 0 aliphatic heterocycles. The van der Waals surface area contributed by atoms with E-state index in [1.54, 1.807) is 6.92 Å². The van der Waals surface area contributed by atoms with Crippen LogP contribution in [0.5, 0.6) is 0 Å². The molecule has 0 fully saturated rings. The number of hydrogen-bond acceptors (Lipinski definition) is 4. The molecule has 0 bridgehead atoms. The number of aromatic nitrogens is 2. The van der Waals surface area contributed by atoms with Crippen LogP contribution in [0.15, 0.2) is 17.1 Å². The summed E-state index contributed by atoms with van der Waals surface area (Å²) in [5, 5.41) is 8.76. The summed E-state index contributed by atoms with van der Waals surface area (Å²) in [6, 6.07) is 1.26. The second kappa shape index (κ2) is 3.36. The highest BCUT2D eigenvalue weighted by atomic mass is 16.3. The van der Waals surface area contributed by atoms with Crippen LogP contribution >= 0.6 is 0 Å². The molecular weight excluding hydrogens is 158 g/mol. The standard InChI is InChI=1S/C7H11N3O2/c1-5(4-11)10-3-2-6(8)9-7(10)12/h2-3,5,11H,4H2,1H3,(H2,8,9,12). The lowest BCUT2D eigenvalue weighted by atomic mass is 10.3. The number of hydrogen-bond donors (Lipinski definition) is 2. The lowest BCUT2D eigenvalue weighted by molar-refractivity contribution is 0.235. The topological polar surface area (TPSA) is 81.1 Å². The molecule has 0 radical (unpaired) electrons. The van der Waals surface area contributed by atoms with Gasteiger partial charge in [-0.3, -0.25) is 4.57 Å². The highest BCUT2D eigenvalue weighted by Crippen LogP contribution is 1.99. The first-order chi connectivity index (χ1) is 5.65. The van der Waals surface area contributed by atoms with Crippen LogP contribution in [-0.4, -0.2) is 21.3 Å². The third kappa shape index (κ3) is 1.62. The molecule has 5 nitrogen and oxygen atoms in total. The van der Waals surface area contributed by atoms with E-state index in [-0.39, 0.29) is 18.5 Å². The molecule has 0 aliphatic rings. The fourth-order valence-corrected chi connectivity index (χ4v) is 0.849. The number of nitrogens with zero attached hydrogens (tertiary/aromatic N) is 2. The predicted molar refractivity (Wildman–Crippen MR) is 44.7 cm³/mol. The van der Waals surface area contributed by atoms with Crippen LogP contribution in [0.3, 0.4) is 0 Å². The van der Waals surface area contributed by atoms with Crippen molar-refractivity contribution in [3.05, 3.63) is 22.7 Å². The monoisotopic (exact) mass is 169 g/mol. The molecule has 0 spiro atoms. The van der Waals surface area contributed by atoms with E-state index in [0.717, 1.165) is 0 Å². The zero-order valence-electron chi connectivity index (χ0n) is 6.77. The van der Waals surface area contributed by atoms with Crippen molar-refractivity contribution in [2.24, 2.45) is 0 Å². The summed E-state index contributed by atoms with van der Waals surface area (Å²) in [5.74, 6) is 0.196. The molecule has 0 amide bonds. The maximum Gasteiger partial charge on any atom is 0.349 e. The number of aliphatic hydroxyl groups excluding tert-OH is 1. The molecule has 1 aromatic rings. The highest BCUT2D eigenvalue weighted by molar-refractivity contribution is 5.23. The van der Waals surface area contributed by atoms with Gasteiger partial charge in [0.05, 0.1) is 12.6 Å². The van der Waals surface area contributed by atoms with Gasteiger partial charge in [-0.25, -0.2) is 4.79 Å². The Morgan fingerprint density at radius 1 is 1.83 bits per heavy atom. The van der Waals surface area contributed by atoms with Crippen LogP contribution in [0.1, 0.15) is 13.0 Å². The van der Waals surface area contributed by atoms with Crippen LogP contribution in [0, 0.1) is 0 Å². The molecule has 0 saturated heterocycles. The van der Waals surface area contributed by atoms with Gasteiger partial charge in [0, 0.05) is 6.20 Å². The van der Waals surface area contributed by atoms with Crippen molar-refractivity contribution >= 4 is 5.82 Å². The Bertz CT molecular complexity index is 321. The van der Waals surface area contributed by atoms with Gasteiger partial charge in [0.25, 0.3) is 0 Å². The molecule has 0 saturated carbocycles. The average Bonchev–Trinajstić information content (AvgIpc) is 2.03. The van der Waals surface area contributed by atoms with E-state index < -0.39 is 5.69 Å². The average molecular weight is 169 g/mol. The maximum absolute atomic E-state index is 11.1. The molecule has 1 aromatic heterocycles. The SMILES string of the molecule is CC(CO)n1ccc(N)nc1=O. The third-order valence-electron chi connectivity index (χ3n) is 1.59. The minimum Gasteiger partial charge on any atom is -0.394 e. The molecule has 1 unspecified atom stereocenters. The van der Waals surface area contributed by atoms with Gasteiger partial charge in [0.2, 0.25) is 0 Å². The normalized spacial score (nSPS) is 12.8. The van der Waals surface area contributed by atoms with Crippen molar-refractivity contribution < 1.29 is 5.11 Å². The summed E-state index contributed by atoms with van der Waals surface area (Å²) in [7, 11) is 0. The van der Waals surface area contributed by atoms with Crippen LogP contribution in [0.4, 0.5) is 5.82 Å². The fraction of sp³-hybridized carbons (Fsp3) is 0.429. The molecule has 1 rings (SSSR count). The Balaban J connectivity index is 3.10. The van der Waals surface area contributed by atoms with E-state index >= 15 is 0 Å². The van der Waals surface area contributed by atoms with E-state index in [1.165, 1.54) is 16.8 Å². The molecule has 66 valence electrons. The first kappa shape index (κ1) is 8.73. The van der Waals surface area contributed by atoms with Crippen LogP contribution in [0.25, 0.3) is 0 Å². The number of nitrogens with two attached hydrogens (primary N) is 1. The van der Waals surface area contributed by atoms with Crippen LogP contribution in [-0.2, 0) is 0 Å². The van der Waals surface area contributed by atoms with E-state index in [4.69, 9.17) is 10.8 Å². The number of anilines is 1. The van der Waals surface area contributed by atoms with Gasteiger partial charge >= 0.3 is 5.69 Å². The summed E-state index contributed by atoms with van der Waals surface area (Å²) in [6.07, 6.45) is 1.52. The molecule has 0 aliphatic carbocycles. The van der Waals surface area contributed by atoms with Gasteiger partial charge in [-0.1, -0.05) is 0 Å². The van der Waals surface area contributed by atoms with Gasteiger partial charge in [-0.05, 0) is 13.0 Å². The Morgan fingerprint density at radius 2 is 2.50 bits per heavy atom. The first-order valence-corrected chi connectivity index (χ1v) is 3.60. The second-order valence-electron chi connectivity index (χ2n) is 2.57. The lowest BCUT2D eigenvalue weighted by Crippen LogP contribution is -2.27. The Morgan fingerprint density at radius 3 is 3.00 bits per heavy atom. The first-order valence-electron chi connectivity index (χ1n) is 3.60. The van der Waals surface area contributed by atoms with E-state index in [2.05, 4.69) is 4.98 Å². The van der Waals surface area contributed by atoms with Gasteiger partial charge in [0.1, 0.15) is 5.82 Å². The lowest BCUT2D eigenvalue weighted by Gasteiger charge is -2.10. The summed E-state index contributed by atoms with van der Waals surface area (Å²) in [6.45, 7) is 1.63. The minimum atomic E-state index is -0.434. The molecule has 12 heavy (non-hydrogen) atoms. The van der Waals surface area contributed by atoms with Gasteiger partial charge < -0.3 is 10.8 Å². The molecule has 1 heterocycles.